The molecule has 1 fully saturated rings. The van der Waals surface area contributed by atoms with Crippen molar-refractivity contribution in [2.75, 3.05) is 12.4 Å². The first-order chi connectivity index (χ1) is 10.1. The summed E-state index contributed by atoms with van der Waals surface area (Å²) in [6, 6.07) is 5.96. The number of aromatic nitrogens is 2. The smallest absolute Gasteiger partial charge is 0.227 e. The molecule has 0 spiro atoms. The SMILES string of the molecule is CNc1nc(C2CC2)nc(Oc2ccc(Br)cc2C)c1C. The molecule has 2 aromatic rings. The van der Waals surface area contributed by atoms with Gasteiger partial charge in [-0.3, -0.25) is 0 Å². The second-order valence-electron chi connectivity index (χ2n) is 5.40. The minimum Gasteiger partial charge on any atom is -0.438 e. The van der Waals surface area contributed by atoms with Crippen LogP contribution >= 0.6 is 15.9 Å². The van der Waals surface area contributed by atoms with Gasteiger partial charge in [-0.1, -0.05) is 15.9 Å². The number of rotatable bonds is 4. The van der Waals surface area contributed by atoms with Crippen LogP contribution in [0.15, 0.2) is 22.7 Å². The minimum atomic E-state index is 0.492. The van der Waals surface area contributed by atoms with Gasteiger partial charge in [0.15, 0.2) is 0 Å². The van der Waals surface area contributed by atoms with E-state index in [-0.39, 0.29) is 0 Å². The van der Waals surface area contributed by atoms with E-state index in [4.69, 9.17) is 4.74 Å². The average molecular weight is 348 g/mol. The number of hydrogen-bond donors (Lipinski definition) is 1. The van der Waals surface area contributed by atoms with E-state index in [1.165, 1.54) is 12.8 Å². The van der Waals surface area contributed by atoms with E-state index < -0.39 is 0 Å². The van der Waals surface area contributed by atoms with E-state index in [1.54, 1.807) is 0 Å². The first-order valence-corrected chi connectivity index (χ1v) is 7.88. The van der Waals surface area contributed by atoms with Gasteiger partial charge >= 0.3 is 0 Å². The molecule has 0 aliphatic heterocycles. The van der Waals surface area contributed by atoms with Crippen molar-refractivity contribution < 1.29 is 4.74 Å². The molecule has 21 heavy (non-hydrogen) atoms. The third-order valence-corrected chi connectivity index (χ3v) is 4.13. The van der Waals surface area contributed by atoms with Crippen molar-refractivity contribution in [3.63, 3.8) is 0 Å². The molecule has 0 unspecified atom stereocenters. The highest BCUT2D eigenvalue weighted by Crippen LogP contribution is 2.40. The number of ether oxygens (including phenoxy) is 1. The van der Waals surface area contributed by atoms with E-state index >= 15 is 0 Å². The molecule has 4 nitrogen and oxygen atoms in total. The fourth-order valence-corrected chi connectivity index (χ4v) is 2.69. The number of aryl methyl sites for hydroxylation is 1. The number of anilines is 1. The quantitative estimate of drug-likeness (QED) is 0.879. The molecule has 1 aliphatic rings. The summed E-state index contributed by atoms with van der Waals surface area (Å²) in [4.78, 5) is 9.20. The van der Waals surface area contributed by atoms with Gasteiger partial charge in [0, 0.05) is 17.4 Å². The summed E-state index contributed by atoms with van der Waals surface area (Å²) >= 11 is 3.47. The molecule has 1 aromatic heterocycles. The monoisotopic (exact) mass is 347 g/mol. The van der Waals surface area contributed by atoms with Gasteiger partial charge in [0.05, 0.1) is 5.56 Å². The van der Waals surface area contributed by atoms with E-state index in [2.05, 4.69) is 31.2 Å². The van der Waals surface area contributed by atoms with Crippen molar-refractivity contribution in [1.29, 1.82) is 0 Å². The second kappa shape index (κ2) is 5.64. The van der Waals surface area contributed by atoms with Gasteiger partial charge in [-0.25, -0.2) is 4.98 Å². The van der Waals surface area contributed by atoms with Crippen molar-refractivity contribution in [3.8, 4) is 11.6 Å². The molecule has 0 atom stereocenters. The molecule has 1 saturated carbocycles. The average Bonchev–Trinajstić information content (AvgIpc) is 3.28. The van der Waals surface area contributed by atoms with Gasteiger partial charge in [0.2, 0.25) is 5.88 Å². The number of hydrogen-bond acceptors (Lipinski definition) is 4. The number of nitrogens with one attached hydrogen (secondary N) is 1. The van der Waals surface area contributed by atoms with Gasteiger partial charge in [0.25, 0.3) is 0 Å². The Morgan fingerprint density at radius 3 is 2.62 bits per heavy atom. The third kappa shape index (κ3) is 3.02. The third-order valence-electron chi connectivity index (χ3n) is 3.64. The predicted molar refractivity (Wildman–Crippen MR) is 87.2 cm³/mol. The van der Waals surface area contributed by atoms with Gasteiger partial charge < -0.3 is 10.1 Å². The van der Waals surface area contributed by atoms with Gasteiger partial charge in [-0.15, -0.1) is 0 Å². The Balaban J connectivity index is 1.98. The minimum absolute atomic E-state index is 0.492. The maximum absolute atomic E-state index is 6.04. The summed E-state index contributed by atoms with van der Waals surface area (Å²) in [5, 5.41) is 3.13. The van der Waals surface area contributed by atoms with Crippen molar-refractivity contribution in [1.82, 2.24) is 9.97 Å². The predicted octanol–water partition coefficient (Wildman–Crippen LogP) is 4.57. The van der Waals surface area contributed by atoms with Gasteiger partial charge in [-0.2, -0.15) is 4.98 Å². The van der Waals surface area contributed by atoms with Crippen LogP contribution in [0.1, 0.15) is 35.7 Å². The van der Waals surface area contributed by atoms with Crippen LogP contribution in [0.4, 0.5) is 5.82 Å². The molecule has 1 N–H and O–H groups in total. The highest BCUT2D eigenvalue weighted by molar-refractivity contribution is 9.10. The van der Waals surface area contributed by atoms with Crippen LogP contribution < -0.4 is 10.1 Å². The van der Waals surface area contributed by atoms with Crippen LogP contribution in [-0.4, -0.2) is 17.0 Å². The Morgan fingerprint density at radius 1 is 1.24 bits per heavy atom. The zero-order valence-corrected chi connectivity index (χ0v) is 14.0. The molecule has 3 rings (SSSR count). The summed E-state index contributed by atoms with van der Waals surface area (Å²) in [5.74, 6) is 3.68. The van der Waals surface area contributed by atoms with Crippen molar-refractivity contribution in [3.05, 3.63) is 39.6 Å². The lowest BCUT2D eigenvalue weighted by Gasteiger charge is -2.14. The first kappa shape index (κ1) is 14.3. The van der Waals surface area contributed by atoms with Crippen LogP contribution in [0.3, 0.4) is 0 Å². The number of nitrogens with zero attached hydrogens (tertiary/aromatic N) is 2. The maximum Gasteiger partial charge on any atom is 0.227 e. The Hall–Kier alpha value is -1.62. The van der Waals surface area contributed by atoms with E-state index in [1.807, 2.05) is 39.1 Å². The highest BCUT2D eigenvalue weighted by Gasteiger charge is 2.28. The van der Waals surface area contributed by atoms with E-state index in [9.17, 15) is 0 Å². The molecule has 110 valence electrons. The van der Waals surface area contributed by atoms with E-state index in [0.717, 1.165) is 33.0 Å². The van der Waals surface area contributed by atoms with Crippen molar-refractivity contribution in [2.45, 2.75) is 32.6 Å². The number of halogens is 1. The van der Waals surface area contributed by atoms with E-state index in [0.29, 0.717) is 11.8 Å². The largest absolute Gasteiger partial charge is 0.438 e. The van der Waals surface area contributed by atoms with Gasteiger partial charge in [-0.05, 0) is 50.5 Å². The fourth-order valence-electron chi connectivity index (χ4n) is 2.21. The van der Waals surface area contributed by atoms with Crippen LogP contribution in [0.5, 0.6) is 11.6 Å². The highest BCUT2D eigenvalue weighted by atomic mass is 79.9. The Bertz CT molecular complexity index is 683. The Kier molecular flexibility index (Phi) is 3.85. The molecule has 1 heterocycles. The second-order valence-corrected chi connectivity index (χ2v) is 6.31. The molecule has 0 radical (unpaired) electrons. The zero-order chi connectivity index (χ0) is 15.0. The summed E-state index contributed by atoms with van der Waals surface area (Å²) < 4.78 is 7.09. The maximum atomic E-state index is 6.04. The van der Waals surface area contributed by atoms with Gasteiger partial charge in [0.1, 0.15) is 17.4 Å². The Labute approximate surface area is 133 Å². The molecule has 0 bridgehead atoms. The Morgan fingerprint density at radius 2 is 2.00 bits per heavy atom. The molecule has 1 aromatic carbocycles. The normalized spacial score (nSPS) is 14.1. The van der Waals surface area contributed by atoms with Crippen LogP contribution in [0.25, 0.3) is 0 Å². The fraction of sp³-hybridized carbons (Fsp3) is 0.375. The lowest BCUT2D eigenvalue weighted by atomic mass is 10.2. The summed E-state index contributed by atoms with van der Waals surface area (Å²) in [6.45, 7) is 4.00. The molecular weight excluding hydrogens is 330 g/mol. The van der Waals surface area contributed by atoms with Crippen LogP contribution in [0.2, 0.25) is 0 Å². The number of benzene rings is 1. The standard InChI is InChI=1S/C16H18BrN3O/c1-9-8-12(17)6-7-13(9)21-16-10(2)14(18-3)19-15(20-16)11-4-5-11/h6-8,11H,4-5H2,1-3H3,(H,18,19,20). The molecule has 1 aliphatic carbocycles. The zero-order valence-electron chi connectivity index (χ0n) is 12.4. The lowest BCUT2D eigenvalue weighted by molar-refractivity contribution is 0.451. The topological polar surface area (TPSA) is 47.0 Å². The molecule has 0 saturated heterocycles. The first-order valence-electron chi connectivity index (χ1n) is 7.08. The van der Waals surface area contributed by atoms with Crippen molar-refractivity contribution in [2.24, 2.45) is 0 Å². The lowest BCUT2D eigenvalue weighted by Crippen LogP contribution is -2.05. The van der Waals surface area contributed by atoms with Crippen LogP contribution in [0, 0.1) is 13.8 Å². The van der Waals surface area contributed by atoms with Crippen LogP contribution in [-0.2, 0) is 0 Å². The molecule has 5 heteroatoms. The summed E-state index contributed by atoms with van der Waals surface area (Å²) in [5.41, 5.74) is 2.01. The van der Waals surface area contributed by atoms with Crippen molar-refractivity contribution >= 4 is 21.7 Å². The summed E-state index contributed by atoms with van der Waals surface area (Å²) in [6.07, 6.45) is 2.34. The summed E-state index contributed by atoms with van der Waals surface area (Å²) in [7, 11) is 1.88. The molecular formula is C16H18BrN3O. The molecule has 0 amide bonds.